The summed E-state index contributed by atoms with van der Waals surface area (Å²) in [5.41, 5.74) is 2.98. The minimum atomic E-state index is -0.162. The summed E-state index contributed by atoms with van der Waals surface area (Å²) in [6, 6.07) is 13.3. The third-order valence-electron chi connectivity index (χ3n) is 6.05. The van der Waals surface area contributed by atoms with Crippen molar-refractivity contribution >= 4 is 40.7 Å². The number of aryl methyl sites for hydroxylation is 1. The first-order valence-corrected chi connectivity index (χ1v) is 12.0. The minimum Gasteiger partial charge on any atom is -0.494 e. The van der Waals surface area contributed by atoms with Crippen LogP contribution in [0.3, 0.4) is 0 Å². The van der Waals surface area contributed by atoms with Crippen molar-refractivity contribution in [3.63, 3.8) is 0 Å². The van der Waals surface area contributed by atoms with Crippen LogP contribution in [0, 0.1) is 0 Å². The van der Waals surface area contributed by atoms with Crippen LogP contribution in [0.25, 0.3) is 0 Å². The first-order valence-electron chi connectivity index (χ1n) is 11.6. The van der Waals surface area contributed by atoms with Gasteiger partial charge in [0, 0.05) is 55.4 Å². The van der Waals surface area contributed by atoms with E-state index in [1.807, 2.05) is 42.5 Å². The monoisotopic (exact) mass is 484 g/mol. The second-order valence-electron chi connectivity index (χ2n) is 8.44. The van der Waals surface area contributed by atoms with Crippen LogP contribution in [0.5, 0.6) is 5.75 Å². The van der Waals surface area contributed by atoms with E-state index in [-0.39, 0.29) is 24.3 Å². The van der Waals surface area contributed by atoms with Crippen LogP contribution >= 0.6 is 11.6 Å². The van der Waals surface area contributed by atoms with Gasteiger partial charge in [-0.3, -0.25) is 14.4 Å². The number of ether oxygens (including phenoxy) is 1. The second-order valence-corrected chi connectivity index (χ2v) is 8.88. The number of nitrogens with zero attached hydrogens (tertiary/aromatic N) is 2. The Labute approximate surface area is 204 Å². The highest BCUT2D eigenvalue weighted by Crippen LogP contribution is 2.27. The van der Waals surface area contributed by atoms with Gasteiger partial charge in [-0.05, 0) is 60.9 Å². The topological polar surface area (TPSA) is 91.0 Å². The first-order chi connectivity index (χ1) is 16.5. The lowest BCUT2D eigenvalue weighted by molar-refractivity contribution is -0.133. The normalized spacial score (nSPS) is 15.4. The molecule has 2 heterocycles. The highest BCUT2D eigenvalue weighted by molar-refractivity contribution is 6.30. The number of nitrogens with one attached hydrogen (secondary N) is 2. The third-order valence-corrected chi connectivity index (χ3v) is 6.30. The molecule has 180 valence electrons. The van der Waals surface area contributed by atoms with Crippen LogP contribution in [0.15, 0.2) is 42.5 Å². The van der Waals surface area contributed by atoms with Crippen molar-refractivity contribution in [1.29, 1.82) is 0 Å². The summed E-state index contributed by atoms with van der Waals surface area (Å²) in [4.78, 5) is 40.0. The van der Waals surface area contributed by atoms with Crippen molar-refractivity contribution in [2.45, 2.75) is 25.7 Å². The number of hydrogen-bond donors (Lipinski definition) is 2. The van der Waals surface area contributed by atoms with Crippen molar-refractivity contribution in [3.8, 4) is 5.75 Å². The van der Waals surface area contributed by atoms with Gasteiger partial charge in [-0.15, -0.1) is 0 Å². The van der Waals surface area contributed by atoms with Crippen LogP contribution < -0.4 is 20.3 Å². The Morgan fingerprint density at radius 3 is 2.56 bits per heavy atom. The predicted molar refractivity (Wildman–Crippen MR) is 131 cm³/mol. The number of carbonyl (C=O) groups excluding carboxylic acids is 3. The Bertz CT molecular complexity index is 1040. The Morgan fingerprint density at radius 2 is 1.79 bits per heavy atom. The number of rotatable bonds is 8. The number of carbonyl (C=O) groups is 3. The molecule has 0 aromatic heterocycles. The quantitative estimate of drug-likeness (QED) is 0.562. The molecule has 34 heavy (non-hydrogen) atoms. The smallest absolute Gasteiger partial charge is 0.242 e. The number of halogens is 1. The molecule has 1 fully saturated rings. The lowest BCUT2D eigenvalue weighted by Crippen LogP contribution is -2.51. The van der Waals surface area contributed by atoms with Gasteiger partial charge in [0.1, 0.15) is 5.75 Å². The summed E-state index contributed by atoms with van der Waals surface area (Å²) in [6.45, 7) is 3.14. The lowest BCUT2D eigenvalue weighted by atomic mass is 10.0. The third kappa shape index (κ3) is 6.41. The lowest BCUT2D eigenvalue weighted by Gasteiger charge is -2.36. The molecule has 4 rings (SSSR count). The highest BCUT2D eigenvalue weighted by Gasteiger charge is 2.21. The maximum Gasteiger partial charge on any atom is 0.242 e. The van der Waals surface area contributed by atoms with Crippen LogP contribution in [0.1, 0.15) is 24.8 Å². The Kier molecular flexibility index (Phi) is 7.90. The Balaban J connectivity index is 1.11. The molecule has 9 heteroatoms. The van der Waals surface area contributed by atoms with Crippen molar-refractivity contribution in [2.75, 3.05) is 49.5 Å². The zero-order valence-corrected chi connectivity index (χ0v) is 19.8. The zero-order valence-electron chi connectivity index (χ0n) is 19.0. The highest BCUT2D eigenvalue weighted by atomic mass is 35.5. The zero-order chi connectivity index (χ0) is 23.9. The number of fused-ring (bicyclic) bond motifs is 1. The van der Waals surface area contributed by atoms with Gasteiger partial charge < -0.3 is 25.2 Å². The summed E-state index contributed by atoms with van der Waals surface area (Å²) in [6.07, 6.45) is 2.02. The van der Waals surface area contributed by atoms with Crippen molar-refractivity contribution in [3.05, 3.63) is 53.1 Å². The fraction of sp³-hybridized carbons (Fsp3) is 0.400. The van der Waals surface area contributed by atoms with E-state index in [0.29, 0.717) is 50.4 Å². The Hall–Kier alpha value is -3.26. The first kappa shape index (κ1) is 23.9. The summed E-state index contributed by atoms with van der Waals surface area (Å²) >= 11 is 5.95. The molecule has 2 aliphatic rings. The molecule has 0 bridgehead atoms. The number of hydrogen-bond acceptors (Lipinski definition) is 5. The predicted octanol–water partition coefficient (Wildman–Crippen LogP) is 2.85. The van der Waals surface area contributed by atoms with Gasteiger partial charge in [-0.25, -0.2) is 0 Å². The van der Waals surface area contributed by atoms with Crippen LogP contribution in [-0.2, 0) is 20.8 Å². The fourth-order valence-corrected chi connectivity index (χ4v) is 4.24. The van der Waals surface area contributed by atoms with E-state index in [1.165, 1.54) is 0 Å². The summed E-state index contributed by atoms with van der Waals surface area (Å²) < 4.78 is 5.74. The molecule has 0 unspecified atom stereocenters. The molecule has 3 amide bonds. The Morgan fingerprint density at radius 1 is 1.03 bits per heavy atom. The van der Waals surface area contributed by atoms with E-state index in [9.17, 15) is 14.4 Å². The van der Waals surface area contributed by atoms with E-state index >= 15 is 0 Å². The van der Waals surface area contributed by atoms with E-state index in [4.69, 9.17) is 16.3 Å². The largest absolute Gasteiger partial charge is 0.494 e. The molecule has 0 atom stereocenters. The molecule has 2 aromatic rings. The van der Waals surface area contributed by atoms with Gasteiger partial charge in [-0.2, -0.15) is 0 Å². The molecule has 0 radical (unpaired) electrons. The average molecular weight is 485 g/mol. The van der Waals surface area contributed by atoms with Gasteiger partial charge in [0.2, 0.25) is 17.7 Å². The van der Waals surface area contributed by atoms with Crippen molar-refractivity contribution < 1.29 is 19.1 Å². The van der Waals surface area contributed by atoms with E-state index in [0.717, 1.165) is 35.8 Å². The number of anilines is 2. The molecule has 2 N–H and O–H groups in total. The average Bonchev–Trinajstić information content (AvgIpc) is 2.86. The van der Waals surface area contributed by atoms with Gasteiger partial charge in [0.15, 0.2) is 0 Å². The van der Waals surface area contributed by atoms with Crippen molar-refractivity contribution in [2.24, 2.45) is 0 Å². The summed E-state index contributed by atoms with van der Waals surface area (Å²) in [5, 5.41) is 6.26. The molecule has 2 aliphatic heterocycles. The van der Waals surface area contributed by atoms with E-state index in [1.54, 1.807) is 4.90 Å². The van der Waals surface area contributed by atoms with Gasteiger partial charge in [-0.1, -0.05) is 11.6 Å². The molecule has 8 nitrogen and oxygen atoms in total. The van der Waals surface area contributed by atoms with E-state index < -0.39 is 0 Å². The fourth-order valence-electron chi connectivity index (χ4n) is 4.11. The maximum absolute atomic E-state index is 12.5. The molecule has 0 saturated carbocycles. The van der Waals surface area contributed by atoms with Crippen molar-refractivity contribution in [1.82, 2.24) is 10.2 Å². The number of benzene rings is 2. The second kappa shape index (κ2) is 11.2. The van der Waals surface area contributed by atoms with Crippen LogP contribution in [0.4, 0.5) is 11.4 Å². The van der Waals surface area contributed by atoms with Gasteiger partial charge in [0.05, 0.1) is 13.2 Å². The maximum atomic E-state index is 12.5. The molecule has 2 aromatic carbocycles. The molecular weight excluding hydrogens is 456 g/mol. The van der Waals surface area contributed by atoms with Crippen LogP contribution in [0.2, 0.25) is 5.02 Å². The molecule has 0 spiro atoms. The number of amides is 3. The SMILES string of the molecule is O=C(CCCOc1ccc2c(c1)CCC(=O)N2)NCC(=O)N1CCN(c2ccc(Cl)cc2)CC1. The summed E-state index contributed by atoms with van der Waals surface area (Å²) in [5.74, 6) is 0.528. The van der Waals surface area contributed by atoms with Gasteiger partial charge >= 0.3 is 0 Å². The molecule has 1 saturated heterocycles. The van der Waals surface area contributed by atoms with E-state index in [2.05, 4.69) is 15.5 Å². The standard InChI is InChI=1S/C25H29ClN4O4/c26-19-4-6-20(7-5-19)29-11-13-30(14-12-29)25(33)17-27-23(31)2-1-15-34-21-8-9-22-18(16-21)3-10-24(32)28-22/h4-9,16H,1-3,10-15,17H2,(H,27,31)(H,28,32). The van der Waals surface area contributed by atoms with Crippen LogP contribution in [-0.4, -0.2) is 62.0 Å². The number of piperazine rings is 1. The molecular formula is C25H29ClN4O4. The molecule has 0 aliphatic carbocycles. The minimum absolute atomic E-state index is 0.0111. The van der Waals surface area contributed by atoms with Gasteiger partial charge in [0.25, 0.3) is 0 Å². The summed E-state index contributed by atoms with van der Waals surface area (Å²) in [7, 11) is 0.